The molecular formula is C25H46F6O2. The van der Waals surface area contributed by atoms with Crippen molar-refractivity contribution in [1.82, 2.24) is 0 Å². The van der Waals surface area contributed by atoms with Gasteiger partial charge in [-0.3, -0.25) is 0 Å². The maximum absolute atomic E-state index is 13.0. The smallest absolute Gasteiger partial charge is 0.381 e. The van der Waals surface area contributed by atoms with Gasteiger partial charge in [0.15, 0.2) is 11.2 Å². The summed E-state index contributed by atoms with van der Waals surface area (Å²) in [5.41, 5.74) is -7.02. The van der Waals surface area contributed by atoms with Crippen molar-refractivity contribution in [2.75, 3.05) is 0 Å². The summed E-state index contributed by atoms with van der Waals surface area (Å²) in [7, 11) is 0. The van der Waals surface area contributed by atoms with Gasteiger partial charge >= 0.3 is 12.4 Å². The molecule has 0 rings (SSSR count). The van der Waals surface area contributed by atoms with Crippen LogP contribution in [0.5, 0.6) is 0 Å². The van der Waals surface area contributed by atoms with Crippen molar-refractivity contribution in [3.05, 3.63) is 0 Å². The molecule has 0 aliphatic rings. The number of hydrogen-bond donors (Lipinski definition) is 2. The lowest BCUT2D eigenvalue weighted by molar-refractivity contribution is -0.257. The van der Waals surface area contributed by atoms with E-state index in [0.29, 0.717) is 0 Å². The van der Waals surface area contributed by atoms with Gasteiger partial charge in [0.2, 0.25) is 0 Å². The van der Waals surface area contributed by atoms with E-state index in [0.717, 1.165) is 33.1 Å². The van der Waals surface area contributed by atoms with Gasteiger partial charge in [-0.25, -0.2) is 0 Å². The van der Waals surface area contributed by atoms with Crippen molar-refractivity contribution < 1.29 is 36.6 Å². The largest absolute Gasteiger partial charge is 0.416 e. The Labute approximate surface area is 196 Å². The van der Waals surface area contributed by atoms with Gasteiger partial charge in [0.25, 0.3) is 0 Å². The lowest BCUT2D eigenvalue weighted by atomic mass is 9.60. The second-order valence-corrected chi connectivity index (χ2v) is 12.9. The van der Waals surface area contributed by atoms with Crippen LogP contribution < -0.4 is 0 Å². The summed E-state index contributed by atoms with van der Waals surface area (Å²) in [5, 5.41) is 19.6. The van der Waals surface area contributed by atoms with E-state index < -0.39 is 34.4 Å². The van der Waals surface area contributed by atoms with Crippen LogP contribution >= 0.6 is 0 Å². The Morgan fingerprint density at radius 1 is 0.394 bits per heavy atom. The summed E-state index contributed by atoms with van der Waals surface area (Å²) in [6.07, 6.45) is -7.50. The summed E-state index contributed by atoms with van der Waals surface area (Å²) < 4.78 is 78.1. The molecule has 33 heavy (non-hydrogen) atoms. The minimum atomic E-state index is -4.68. The number of aliphatic hydroxyl groups is 2. The van der Waals surface area contributed by atoms with Gasteiger partial charge in [0, 0.05) is 0 Å². The first kappa shape index (κ1) is 32.5. The molecule has 0 aromatic heterocycles. The molecule has 0 bridgehead atoms. The van der Waals surface area contributed by atoms with Crippen LogP contribution in [0.1, 0.15) is 114 Å². The second kappa shape index (κ2) is 9.87. The van der Waals surface area contributed by atoms with Crippen molar-refractivity contribution in [3.63, 3.8) is 0 Å². The highest BCUT2D eigenvalue weighted by molar-refractivity contribution is 4.93. The molecule has 200 valence electrons. The van der Waals surface area contributed by atoms with Gasteiger partial charge < -0.3 is 10.2 Å². The van der Waals surface area contributed by atoms with Crippen LogP contribution in [-0.4, -0.2) is 33.8 Å². The summed E-state index contributed by atoms with van der Waals surface area (Å²) in [6, 6.07) is 0. The second-order valence-electron chi connectivity index (χ2n) is 12.9. The first-order chi connectivity index (χ1) is 14.1. The van der Waals surface area contributed by atoms with Gasteiger partial charge in [-0.15, -0.1) is 0 Å². The van der Waals surface area contributed by atoms with Crippen molar-refractivity contribution in [3.8, 4) is 0 Å². The Morgan fingerprint density at radius 2 is 0.606 bits per heavy atom. The maximum atomic E-state index is 13.0. The molecule has 0 fully saturated rings. The highest BCUT2D eigenvalue weighted by Gasteiger charge is 2.52. The molecule has 0 saturated carbocycles. The minimum Gasteiger partial charge on any atom is -0.381 e. The Hall–Kier alpha value is -0.500. The van der Waals surface area contributed by atoms with E-state index in [-0.39, 0.29) is 36.5 Å². The fourth-order valence-electron chi connectivity index (χ4n) is 3.72. The molecule has 0 aromatic rings. The minimum absolute atomic E-state index is 0.202. The molecule has 2 N–H and O–H groups in total. The number of halogens is 6. The first-order valence-electron chi connectivity index (χ1n) is 11.7. The summed E-state index contributed by atoms with van der Waals surface area (Å²) in [5.74, 6) is 0. The zero-order valence-corrected chi connectivity index (χ0v) is 22.1. The summed E-state index contributed by atoms with van der Waals surface area (Å²) >= 11 is 0. The third-order valence-electron chi connectivity index (χ3n) is 8.96. The van der Waals surface area contributed by atoms with E-state index in [1.165, 1.54) is 0 Å². The molecule has 0 radical (unpaired) electrons. The normalized spacial score (nSPS) is 18.7. The lowest BCUT2D eigenvalue weighted by Gasteiger charge is -2.46. The molecule has 0 saturated heterocycles. The fourth-order valence-corrected chi connectivity index (χ4v) is 3.72. The Kier molecular flexibility index (Phi) is 9.72. The van der Waals surface area contributed by atoms with Crippen LogP contribution in [0.15, 0.2) is 0 Å². The Balaban J connectivity index is 5.08. The molecule has 2 nitrogen and oxygen atoms in total. The van der Waals surface area contributed by atoms with Crippen LogP contribution in [0.4, 0.5) is 26.3 Å². The zero-order chi connectivity index (χ0) is 26.9. The molecule has 2 atom stereocenters. The van der Waals surface area contributed by atoms with Crippen LogP contribution in [0.2, 0.25) is 0 Å². The monoisotopic (exact) mass is 492 g/mol. The van der Waals surface area contributed by atoms with Gasteiger partial charge in [0.05, 0.1) is 0 Å². The molecule has 8 heteroatoms. The predicted octanol–water partition coefficient (Wildman–Crippen LogP) is 8.45. The van der Waals surface area contributed by atoms with Crippen molar-refractivity contribution >= 4 is 0 Å². The molecule has 0 aliphatic carbocycles. The number of alkyl halides is 6. The van der Waals surface area contributed by atoms with Gasteiger partial charge in [-0.1, -0.05) is 61.8 Å². The molecule has 0 spiro atoms. The quantitative estimate of drug-likeness (QED) is 0.268. The average molecular weight is 493 g/mol. The van der Waals surface area contributed by atoms with Crippen LogP contribution in [-0.2, 0) is 0 Å². The highest BCUT2D eigenvalue weighted by Crippen LogP contribution is 2.51. The lowest BCUT2D eigenvalue weighted by Crippen LogP contribution is -2.44. The molecule has 0 heterocycles. The van der Waals surface area contributed by atoms with Gasteiger partial charge in [0.1, 0.15) is 0 Å². The highest BCUT2D eigenvalue weighted by atomic mass is 19.4. The molecule has 2 unspecified atom stereocenters. The Morgan fingerprint density at radius 3 is 0.818 bits per heavy atom. The SMILES string of the molecule is CC(C)(CCCC(C)(C)C(C)(C)CCC(C)(O)C(F)(F)F)C(C)(C)CCC(C)(O)C(F)(F)F. The maximum Gasteiger partial charge on any atom is 0.416 e. The zero-order valence-electron chi connectivity index (χ0n) is 22.1. The van der Waals surface area contributed by atoms with Gasteiger partial charge in [-0.05, 0) is 74.0 Å². The van der Waals surface area contributed by atoms with E-state index in [2.05, 4.69) is 0 Å². The van der Waals surface area contributed by atoms with Crippen molar-refractivity contribution in [2.24, 2.45) is 21.7 Å². The third kappa shape index (κ3) is 8.29. The topological polar surface area (TPSA) is 40.5 Å². The Bertz CT molecular complexity index is 572. The van der Waals surface area contributed by atoms with E-state index in [1.54, 1.807) is 0 Å². The van der Waals surface area contributed by atoms with Gasteiger partial charge in [-0.2, -0.15) is 26.3 Å². The molecule has 0 aromatic carbocycles. The molecule has 0 amide bonds. The van der Waals surface area contributed by atoms with E-state index in [9.17, 15) is 36.6 Å². The van der Waals surface area contributed by atoms with E-state index in [4.69, 9.17) is 0 Å². The first-order valence-corrected chi connectivity index (χ1v) is 11.7. The number of hydrogen-bond acceptors (Lipinski definition) is 2. The van der Waals surface area contributed by atoms with Crippen molar-refractivity contribution in [1.29, 1.82) is 0 Å². The fraction of sp³-hybridized carbons (Fsp3) is 1.00. The van der Waals surface area contributed by atoms with E-state index >= 15 is 0 Å². The van der Waals surface area contributed by atoms with Crippen LogP contribution in [0.25, 0.3) is 0 Å². The van der Waals surface area contributed by atoms with Crippen molar-refractivity contribution in [2.45, 2.75) is 138 Å². The predicted molar refractivity (Wildman–Crippen MR) is 121 cm³/mol. The third-order valence-corrected chi connectivity index (χ3v) is 8.96. The summed E-state index contributed by atoms with van der Waals surface area (Å²) in [4.78, 5) is 0. The van der Waals surface area contributed by atoms with Crippen LogP contribution in [0, 0.1) is 21.7 Å². The summed E-state index contributed by atoms with van der Waals surface area (Å²) in [6.45, 7) is 17.3. The van der Waals surface area contributed by atoms with Crippen LogP contribution in [0.3, 0.4) is 0 Å². The van der Waals surface area contributed by atoms with E-state index in [1.807, 2.05) is 55.4 Å². The standard InChI is InChI=1S/C25H46F6O2/c1-18(2,20(5,6)14-16-22(9,32)24(26,27)28)12-11-13-19(3,4)21(7,8)15-17-23(10,33)25(29,30)31/h32-33H,11-17H2,1-10H3. The number of rotatable bonds is 12. The average Bonchev–Trinajstić information content (AvgIpc) is 2.56. The molecular weight excluding hydrogens is 446 g/mol. The molecule has 0 aliphatic heterocycles.